The van der Waals surface area contributed by atoms with Gasteiger partial charge in [-0.15, -0.1) is 0 Å². The highest BCUT2D eigenvalue weighted by atomic mass is 32.2. The van der Waals surface area contributed by atoms with Crippen LogP contribution < -0.4 is 11.0 Å². The number of carbonyl (C=O) groups is 1. The predicted octanol–water partition coefficient (Wildman–Crippen LogP) is 2.73. The molecular weight excluding hydrogens is 298 g/mol. The van der Waals surface area contributed by atoms with Crippen LogP contribution in [-0.2, 0) is 4.79 Å². The van der Waals surface area contributed by atoms with Crippen LogP contribution in [0.2, 0.25) is 0 Å². The van der Waals surface area contributed by atoms with E-state index < -0.39 is 5.69 Å². The lowest BCUT2D eigenvalue weighted by Gasteiger charge is -2.12. The number of carbonyl (C=O) groups excluding carboxylic acids is 1. The maximum absolute atomic E-state index is 12.1. The van der Waals surface area contributed by atoms with Gasteiger partial charge in [0.05, 0.1) is 5.75 Å². The number of hydrogen-bond donors (Lipinski definition) is 2. The van der Waals surface area contributed by atoms with Gasteiger partial charge >= 0.3 is 5.69 Å². The molecule has 0 atom stereocenters. The average Bonchev–Trinajstić information content (AvgIpc) is 2.39. The van der Waals surface area contributed by atoms with E-state index in [1.807, 2.05) is 32.9 Å². The number of hydrogen-bond acceptors (Lipinski definition) is 4. The van der Waals surface area contributed by atoms with E-state index in [1.165, 1.54) is 17.3 Å². The van der Waals surface area contributed by atoms with Crippen molar-refractivity contribution in [2.45, 2.75) is 32.7 Å². The molecule has 22 heavy (non-hydrogen) atoms. The first-order valence-corrected chi connectivity index (χ1v) is 7.92. The van der Waals surface area contributed by atoms with E-state index in [4.69, 9.17) is 0 Å². The molecule has 2 aromatic rings. The zero-order chi connectivity index (χ0) is 16.3. The molecule has 0 unspecified atom stereocenters. The summed E-state index contributed by atoms with van der Waals surface area (Å²) in [6, 6.07) is 5.83. The third kappa shape index (κ3) is 4.21. The van der Waals surface area contributed by atoms with Crippen molar-refractivity contribution in [3.8, 4) is 0 Å². The fourth-order valence-electron chi connectivity index (χ4n) is 2.32. The number of rotatable bonds is 4. The minimum atomic E-state index is -0.395. The number of benzene rings is 1. The summed E-state index contributed by atoms with van der Waals surface area (Å²) >= 11 is 1.25. The Kier molecular flexibility index (Phi) is 5.03. The number of anilines is 1. The summed E-state index contributed by atoms with van der Waals surface area (Å²) < 4.78 is 0. The molecular formula is C16H19N3O2S. The Morgan fingerprint density at radius 2 is 1.82 bits per heavy atom. The molecule has 0 spiro atoms. The van der Waals surface area contributed by atoms with Gasteiger partial charge in [0.2, 0.25) is 5.91 Å². The second-order valence-electron chi connectivity index (χ2n) is 5.32. The first-order valence-electron chi connectivity index (χ1n) is 6.93. The molecule has 0 aliphatic rings. The Morgan fingerprint density at radius 1 is 1.18 bits per heavy atom. The molecule has 116 valence electrons. The zero-order valence-corrected chi connectivity index (χ0v) is 13.9. The van der Waals surface area contributed by atoms with Crippen molar-refractivity contribution in [2.24, 2.45) is 0 Å². The minimum Gasteiger partial charge on any atom is -0.325 e. The lowest BCUT2D eigenvalue weighted by atomic mass is 10.1. The van der Waals surface area contributed by atoms with Crippen LogP contribution in [0, 0.1) is 27.7 Å². The summed E-state index contributed by atoms with van der Waals surface area (Å²) in [7, 11) is 0. The molecule has 2 rings (SSSR count). The number of aromatic nitrogens is 2. The monoisotopic (exact) mass is 317 g/mol. The van der Waals surface area contributed by atoms with Gasteiger partial charge in [0, 0.05) is 11.4 Å². The van der Waals surface area contributed by atoms with Gasteiger partial charge in [-0.25, -0.2) is 4.79 Å². The molecule has 0 saturated heterocycles. The summed E-state index contributed by atoms with van der Waals surface area (Å²) in [4.78, 5) is 29.8. The van der Waals surface area contributed by atoms with E-state index in [-0.39, 0.29) is 11.7 Å². The third-order valence-corrected chi connectivity index (χ3v) is 4.06. The molecule has 1 aromatic carbocycles. The molecule has 0 radical (unpaired) electrons. The molecule has 2 N–H and O–H groups in total. The lowest BCUT2D eigenvalue weighted by molar-refractivity contribution is -0.113. The van der Waals surface area contributed by atoms with Crippen LogP contribution in [0.25, 0.3) is 0 Å². The second-order valence-corrected chi connectivity index (χ2v) is 6.31. The SMILES string of the molecule is Cc1cc(C)c(NC(=O)CSc2cc(C)[nH]c(=O)n2)c(C)c1. The maximum atomic E-state index is 12.1. The van der Waals surface area contributed by atoms with E-state index in [1.54, 1.807) is 13.0 Å². The highest BCUT2D eigenvalue weighted by Gasteiger charge is 2.09. The standard InChI is InChI=1S/C16H19N3O2S/c1-9-5-10(2)15(11(3)6-9)18-13(20)8-22-14-7-12(4)17-16(21)19-14/h5-7H,8H2,1-4H3,(H,18,20)(H,17,19,21). The van der Waals surface area contributed by atoms with Gasteiger partial charge in [-0.2, -0.15) is 4.98 Å². The van der Waals surface area contributed by atoms with Gasteiger partial charge in [-0.3, -0.25) is 4.79 Å². The first-order chi connectivity index (χ1) is 10.3. The van der Waals surface area contributed by atoms with Crippen LogP contribution in [-0.4, -0.2) is 21.6 Å². The number of aryl methyl sites for hydroxylation is 4. The van der Waals surface area contributed by atoms with E-state index >= 15 is 0 Å². The van der Waals surface area contributed by atoms with Crippen LogP contribution in [0.5, 0.6) is 0 Å². The molecule has 0 fully saturated rings. The summed E-state index contributed by atoms with van der Waals surface area (Å²) in [5, 5.41) is 3.48. The van der Waals surface area contributed by atoms with Crippen LogP contribution in [0.1, 0.15) is 22.4 Å². The Hall–Kier alpha value is -2.08. The zero-order valence-electron chi connectivity index (χ0n) is 13.1. The topological polar surface area (TPSA) is 74.8 Å². The number of nitrogens with one attached hydrogen (secondary N) is 2. The summed E-state index contributed by atoms with van der Waals surface area (Å²) in [6.07, 6.45) is 0. The van der Waals surface area contributed by atoms with Crippen LogP contribution in [0.15, 0.2) is 28.0 Å². The summed E-state index contributed by atoms with van der Waals surface area (Å²) in [5.74, 6) is 0.0997. The maximum Gasteiger partial charge on any atom is 0.346 e. The third-order valence-electron chi connectivity index (χ3n) is 3.15. The summed E-state index contributed by atoms with van der Waals surface area (Å²) in [6.45, 7) is 7.77. The number of thioether (sulfide) groups is 1. The number of H-pyrrole nitrogens is 1. The quantitative estimate of drug-likeness (QED) is 0.671. The minimum absolute atomic E-state index is 0.111. The van der Waals surface area contributed by atoms with E-state index in [0.29, 0.717) is 5.03 Å². The Bertz CT molecular complexity index is 745. The molecule has 0 aliphatic carbocycles. The van der Waals surface area contributed by atoms with E-state index in [2.05, 4.69) is 15.3 Å². The van der Waals surface area contributed by atoms with Gasteiger partial charge in [0.15, 0.2) is 0 Å². The van der Waals surface area contributed by atoms with Gasteiger partial charge in [0.1, 0.15) is 5.03 Å². The number of aromatic amines is 1. The predicted molar refractivity (Wildman–Crippen MR) is 89.6 cm³/mol. The second kappa shape index (κ2) is 6.79. The van der Waals surface area contributed by atoms with Gasteiger partial charge < -0.3 is 10.3 Å². The van der Waals surface area contributed by atoms with Crippen LogP contribution in [0.3, 0.4) is 0 Å². The highest BCUT2D eigenvalue weighted by Crippen LogP contribution is 2.22. The fraction of sp³-hybridized carbons (Fsp3) is 0.312. The molecule has 0 bridgehead atoms. The molecule has 0 aliphatic heterocycles. The molecule has 0 saturated carbocycles. The van der Waals surface area contributed by atoms with Crippen molar-refractivity contribution < 1.29 is 4.79 Å². The largest absolute Gasteiger partial charge is 0.346 e. The van der Waals surface area contributed by atoms with Crippen LogP contribution >= 0.6 is 11.8 Å². The molecule has 1 aromatic heterocycles. The van der Waals surface area contributed by atoms with Crippen molar-refractivity contribution in [3.05, 3.63) is 51.1 Å². The van der Waals surface area contributed by atoms with E-state index in [0.717, 1.165) is 22.5 Å². The lowest BCUT2D eigenvalue weighted by Crippen LogP contribution is -2.17. The Labute approximate surface area is 133 Å². The molecule has 5 nitrogen and oxygen atoms in total. The average molecular weight is 317 g/mol. The van der Waals surface area contributed by atoms with E-state index in [9.17, 15) is 9.59 Å². The van der Waals surface area contributed by atoms with Gasteiger partial charge in [-0.05, 0) is 44.9 Å². The van der Waals surface area contributed by atoms with Crippen molar-refractivity contribution in [3.63, 3.8) is 0 Å². The number of amides is 1. The normalized spacial score (nSPS) is 10.5. The van der Waals surface area contributed by atoms with Gasteiger partial charge in [0.25, 0.3) is 0 Å². The molecule has 1 heterocycles. The first kappa shape index (κ1) is 16.3. The van der Waals surface area contributed by atoms with Gasteiger partial charge in [-0.1, -0.05) is 29.5 Å². The van der Waals surface area contributed by atoms with Crippen molar-refractivity contribution >= 4 is 23.4 Å². The van der Waals surface area contributed by atoms with Crippen LogP contribution in [0.4, 0.5) is 5.69 Å². The van der Waals surface area contributed by atoms with Crippen molar-refractivity contribution in [1.82, 2.24) is 9.97 Å². The van der Waals surface area contributed by atoms with Crippen molar-refractivity contribution in [2.75, 3.05) is 11.1 Å². The molecule has 1 amide bonds. The summed E-state index contributed by atoms with van der Waals surface area (Å²) in [5.41, 5.74) is 4.44. The number of nitrogens with zero attached hydrogens (tertiary/aromatic N) is 1. The molecule has 6 heteroatoms. The Balaban J connectivity index is 2.03. The fourth-order valence-corrected chi connectivity index (χ4v) is 3.08. The van der Waals surface area contributed by atoms with Crippen molar-refractivity contribution in [1.29, 1.82) is 0 Å². The Morgan fingerprint density at radius 3 is 2.41 bits per heavy atom. The highest BCUT2D eigenvalue weighted by molar-refractivity contribution is 7.99. The smallest absolute Gasteiger partial charge is 0.325 e.